The largest absolute Gasteiger partial charge is 0.478 e. The molecule has 0 saturated heterocycles. The molecule has 2 N–H and O–H groups in total. The average Bonchev–Trinajstić information content (AvgIpc) is 2.92. The lowest BCUT2D eigenvalue weighted by Crippen LogP contribution is -2.23. The molecule has 1 heterocycles. The van der Waals surface area contributed by atoms with E-state index in [1.165, 1.54) is 17.0 Å². The van der Waals surface area contributed by atoms with E-state index < -0.39 is 5.97 Å². The summed E-state index contributed by atoms with van der Waals surface area (Å²) in [5.41, 5.74) is 1.20. The minimum atomic E-state index is -1.04. The average molecular weight is 304 g/mol. The van der Waals surface area contributed by atoms with Crippen molar-refractivity contribution >= 4 is 23.2 Å². The van der Waals surface area contributed by atoms with E-state index in [2.05, 4.69) is 17.2 Å². The molecule has 0 atom stereocenters. The molecule has 0 fully saturated rings. The maximum absolute atomic E-state index is 12.1. The number of carboxylic acid groups (broad SMARTS) is 1. The Hall–Kier alpha value is -2.21. The molecule has 0 aliphatic carbocycles. The van der Waals surface area contributed by atoms with Crippen molar-refractivity contribution < 1.29 is 14.7 Å². The number of rotatable bonds is 5. The van der Waals surface area contributed by atoms with Crippen molar-refractivity contribution in [3.63, 3.8) is 0 Å². The number of hydrogen-bond donors (Lipinski definition) is 2. The summed E-state index contributed by atoms with van der Waals surface area (Å²) in [5.74, 6) is -1.34. The van der Waals surface area contributed by atoms with Gasteiger partial charge in [-0.05, 0) is 37.1 Å². The fourth-order valence-corrected chi connectivity index (χ4v) is 2.69. The third-order valence-electron chi connectivity index (χ3n) is 2.94. The van der Waals surface area contributed by atoms with Crippen LogP contribution in [0.25, 0.3) is 0 Å². The third-order valence-corrected chi connectivity index (χ3v) is 4.08. The molecule has 0 unspecified atom stereocenters. The number of nitrogens with one attached hydrogen (secondary N) is 1. The predicted octanol–water partition coefficient (Wildman–Crippen LogP) is 2.64. The second-order valence-corrected chi connectivity index (χ2v) is 5.85. The lowest BCUT2D eigenvalue weighted by molar-refractivity contribution is 0.0696. The number of nitrogens with zero attached hydrogens (tertiary/aromatic N) is 1. The van der Waals surface area contributed by atoms with Gasteiger partial charge in [-0.1, -0.05) is 6.92 Å². The predicted molar refractivity (Wildman–Crippen MR) is 80.8 cm³/mol. The van der Waals surface area contributed by atoms with E-state index in [4.69, 9.17) is 5.11 Å². The Balaban J connectivity index is 2.07. The van der Waals surface area contributed by atoms with Gasteiger partial charge in [-0.15, -0.1) is 11.3 Å². The highest BCUT2D eigenvalue weighted by atomic mass is 32.1. The van der Waals surface area contributed by atoms with Crippen LogP contribution >= 0.6 is 11.3 Å². The molecule has 2 rings (SSSR count). The number of carboxylic acids is 1. The zero-order valence-corrected chi connectivity index (χ0v) is 12.7. The van der Waals surface area contributed by atoms with E-state index in [1.807, 2.05) is 0 Å². The second kappa shape index (κ2) is 6.49. The Morgan fingerprint density at radius 3 is 2.62 bits per heavy atom. The van der Waals surface area contributed by atoms with E-state index >= 15 is 0 Å². The van der Waals surface area contributed by atoms with Gasteiger partial charge < -0.3 is 10.4 Å². The van der Waals surface area contributed by atoms with Gasteiger partial charge >= 0.3 is 5.97 Å². The fourth-order valence-electron chi connectivity index (χ4n) is 1.89. The highest BCUT2D eigenvalue weighted by Gasteiger charge is 2.11. The lowest BCUT2D eigenvalue weighted by Gasteiger charge is -2.06. The van der Waals surface area contributed by atoms with Crippen LogP contribution in [0, 0.1) is 6.92 Å². The lowest BCUT2D eigenvalue weighted by atomic mass is 10.1. The van der Waals surface area contributed by atoms with Crippen molar-refractivity contribution in [2.45, 2.75) is 26.8 Å². The molecule has 0 saturated carbocycles. The van der Waals surface area contributed by atoms with Crippen molar-refractivity contribution in [3.05, 3.63) is 51.0 Å². The second-order valence-electron chi connectivity index (χ2n) is 4.65. The van der Waals surface area contributed by atoms with Gasteiger partial charge in [0.05, 0.1) is 12.1 Å². The van der Waals surface area contributed by atoms with E-state index in [-0.39, 0.29) is 11.5 Å². The first kappa shape index (κ1) is 15.2. The van der Waals surface area contributed by atoms with Gasteiger partial charge in [0, 0.05) is 16.6 Å². The van der Waals surface area contributed by atoms with Gasteiger partial charge in [0.15, 0.2) is 0 Å². The molecule has 0 aliphatic heterocycles. The molecule has 1 aromatic heterocycles. The molecule has 21 heavy (non-hydrogen) atoms. The SMILES string of the molecule is CCc1cnc(CNC(=O)c2cc(C)cc(C(=O)O)c2)s1. The van der Waals surface area contributed by atoms with Crippen molar-refractivity contribution in [1.29, 1.82) is 0 Å². The number of aromatic nitrogens is 1. The van der Waals surface area contributed by atoms with E-state index in [0.29, 0.717) is 12.1 Å². The number of carbonyl (C=O) groups is 2. The number of thiazole rings is 1. The fraction of sp³-hybridized carbons (Fsp3) is 0.267. The van der Waals surface area contributed by atoms with Crippen LogP contribution in [0.1, 0.15) is 43.1 Å². The molecule has 0 aliphatic rings. The van der Waals surface area contributed by atoms with Crippen LogP contribution in [-0.4, -0.2) is 22.0 Å². The number of hydrogen-bond acceptors (Lipinski definition) is 4. The van der Waals surface area contributed by atoms with Crippen molar-refractivity contribution in [3.8, 4) is 0 Å². The maximum atomic E-state index is 12.1. The molecule has 0 spiro atoms. The molecule has 0 bridgehead atoms. The van der Waals surface area contributed by atoms with Crippen LogP contribution in [0.4, 0.5) is 0 Å². The normalized spacial score (nSPS) is 10.4. The van der Waals surface area contributed by atoms with Gasteiger partial charge in [0.1, 0.15) is 5.01 Å². The summed E-state index contributed by atoms with van der Waals surface area (Å²) in [6, 6.07) is 4.58. The minimum Gasteiger partial charge on any atom is -0.478 e. The van der Waals surface area contributed by atoms with Crippen LogP contribution in [0.3, 0.4) is 0 Å². The Morgan fingerprint density at radius 2 is 2.00 bits per heavy atom. The van der Waals surface area contributed by atoms with Crippen LogP contribution in [0.2, 0.25) is 0 Å². The Bertz CT molecular complexity index is 679. The molecule has 0 radical (unpaired) electrons. The number of carbonyl (C=O) groups excluding carboxylic acids is 1. The van der Waals surface area contributed by atoms with Gasteiger partial charge in [-0.3, -0.25) is 4.79 Å². The summed E-state index contributed by atoms with van der Waals surface area (Å²) in [4.78, 5) is 28.5. The Morgan fingerprint density at radius 1 is 1.29 bits per heavy atom. The first-order valence-corrected chi connectivity index (χ1v) is 7.38. The van der Waals surface area contributed by atoms with E-state index in [9.17, 15) is 9.59 Å². The summed E-state index contributed by atoms with van der Waals surface area (Å²) >= 11 is 1.56. The molecule has 6 heteroatoms. The molecule has 110 valence electrons. The summed E-state index contributed by atoms with van der Waals surface area (Å²) in [7, 11) is 0. The highest BCUT2D eigenvalue weighted by Crippen LogP contribution is 2.14. The zero-order valence-electron chi connectivity index (χ0n) is 11.8. The topological polar surface area (TPSA) is 79.3 Å². The van der Waals surface area contributed by atoms with Crippen LogP contribution < -0.4 is 5.32 Å². The summed E-state index contributed by atoms with van der Waals surface area (Å²) in [6.45, 7) is 4.16. The van der Waals surface area contributed by atoms with Crippen LogP contribution in [0.15, 0.2) is 24.4 Å². The highest BCUT2D eigenvalue weighted by molar-refractivity contribution is 7.11. The van der Waals surface area contributed by atoms with Gasteiger partial charge in [-0.25, -0.2) is 9.78 Å². The number of aryl methyl sites for hydroxylation is 2. The number of amides is 1. The maximum Gasteiger partial charge on any atom is 0.335 e. The molecular weight excluding hydrogens is 288 g/mol. The molecule has 1 amide bonds. The van der Waals surface area contributed by atoms with Gasteiger partial charge in [0.2, 0.25) is 0 Å². The van der Waals surface area contributed by atoms with Crippen molar-refractivity contribution in [2.24, 2.45) is 0 Å². The minimum absolute atomic E-state index is 0.114. The van der Waals surface area contributed by atoms with Crippen LogP contribution in [0.5, 0.6) is 0 Å². The molecule has 2 aromatic rings. The number of benzene rings is 1. The van der Waals surface area contributed by atoms with E-state index in [0.717, 1.165) is 17.0 Å². The molecule has 1 aromatic carbocycles. The summed E-state index contributed by atoms with van der Waals surface area (Å²) in [5, 5.41) is 12.6. The number of aromatic carboxylic acids is 1. The third kappa shape index (κ3) is 3.88. The summed E-state index contributed by atoms with van der Waals surface area (Å²) < 4.78 is 0. The van der Waals surface area contributed by atoms with Crippen LogP contribution in [-0.2, 0) is 13.0 Å². The monoisotopic (exact) mass is 304 g/mol. The Labute approximate surface area is 126 Å². The quantitative estimate of drug-likeness (QED) is 0.890. The zero-order chi connectivity index (χ0) is 15.4. The molecular formula is C15H16N2O3S. The first-order chi connectivity index (χ1) is 9.99. The van der Waals surface area contributed by atoms with Gasteiger partial charge in [-0.2, -0.15) is 0 Å². The smallest absolute Gasteiger partial charge is 0.335 e. The van der Waals surface area contributed by atoms with Crippen molar-refractivity contribution in [2.75, 3.05) is 0 Å². The first-order valence-electron chi connectivity index (χ1n) is 6.56. The van der Waals surface area contributed by atoms with E-state index in [1.54, 1.807) is 30.5 Å². The van der Waals surface area contributed by atoms with Crippen molar-refractivity contribution in [1.82, 2.24) is 10.3 Å². The van der Waals surface area contributed by atoms with Gasteiger partial charge in [0.25, 0.3) is 5.91 Å². The molecule has 5 nitrogen and oxygen atoms in total. The Kier molecular flexibility index (Phi) is 4.70. The summed E-state index contributed by atoms with van der Waals surface area (Å²) in [6.07, 6.45) is 2.73. The standard InChI is InChI=1S/C15H16N2O3S/c1-3-12-7-16-13(21-12)8-17-14(18)10-4-9(2)5-11(6-10)15(19)20/h4-7H,3,8H2,1-2H3,(H,17,18)(H,19,20).